The molecule has 1 fully saturated rings. The van der Waals surface area contributed by atoms with Crippen molar-refractivity contribution < 1.29 is 4.74 Å². The molecule has 1 heterocycles. The van der Waals surface area contributed by atoms with E-state index in [1.165, 1.54) is 0 Å². The van der Waals surface area contributed by atoms with Gasteiger partial charge < -0.3 is 9.64 Å². The topological polar surface area (TPSA) is 12.5 Å². The third-order valence-corrected chi connectivity index (χ3v) is 1.37. The highest BCUT2D eigenvalue weighted by Gasteiger charge is 2.04. The van der Waals surface area contributed by atoms with Gasteiger partial charge in [-0.25, -0.2) is 0 Å². The van der Waals surface area contributed by atoms with Crippen molar-refractivity contribution in [1.82, 2.24) is 4.90 Å². The third-order valence-electron chi connectivity index (χ3n) is 1.37. The molecule has 0 aromatic heterocycles. The summed E-state index contributed by atoms with van der Waals surface area (Å²) in [5.41, 5.74) is 0. The van der Waals surface area contributed by atoms with Crippen LogP contribution in [0.1, 0.15) is 6.42 Å². The molecule has 55 valence electrons. The molecule has 1 saturated heterocycles. The monoisotopic (exact) mass is 138 g/mol. The van der Waals surface area contributed by atoms with Crippen LogP contribution in [0, 0.1) is 18.9 Å². The zero-order valence-corrected chi connectivity index (χ0v) is 6.10. The van der Waals surface area contributed by atoms with Gasteiger partial charge in [-0.3, -0.25) is 0 Å². The highest BCUT2D eigenvalue weighted by atomic mass is 16.5. The van der Waals surface area contributed by atoms with Gasteiger partial charge in [0.05, 0.1) is 13.2 Å². The van der Waals surface area contributed by atoms with Gasteiger partial charge in [-0.2, -0.15) is 0 Å². The quantitative estimate of drug-likeness (QED) is 0.452. The van der Waals surface area contributed by atoms with Crippen LogP contribution in [-0.4, -0.2) is 31.2 Å². The number of ether oxygens (including phenoxy) is 1. The van der Waals surface area contributed by atoms with Gasteiger partial charge >= 0.3 is 0 Å². The first-order chi connectivity index (χ1) is 4.93. The molecule has 0 unspecified atom stereocenters. The van der Waals surface area contributed by atoms with Crippen LogP contribution in [-0.2, 0) is 4.74 Å². The van der Waals surface area contributed by atoms with Crippen molar-refractivity contribution in [3.05, 3.63) is 6.92 Å². The minimum atomic E-state index is 0.692. The van der Waals surface area contributed by atoms with Crippen LogP contribution >= 0.6 is 0 Å². The van der Waals surface area contributed by atoms with E-state index in [4.69, 9.17) is 4.74 Å². The Balaban J connectivity index is 2.25. The van der Waals surface area contributed by atoms with E-state index in [-0.39, 0.29) is 0 Å². The average Bonchev–Trinajstić information content (AvgIpc) is 2.03. The molecule has 0 amide bonds. The molecule has 0 spiro atoms. The molecule has 1 aliphatic rings. The largest absolute Gasteiger partial charge is 0.378 e. The Morgan fingerprint density at radius 2 is 2.10 bits per heavy atom. The minimum absolute atomic E-state index is 0.692. The Hall–Kier alpha value is -0.680. The van der Waals surface area contributed by atoms with E-state index < -0.39 is 0 Å². The van der Waals surface area contributed by atoms with E-state index in [1.807, 2.05) is 0 Å². The molecular formula is C8H12NO. The van der Waals surface area contributed by atoms with Gasteiger partial charge in [0, 0.05) is 25.6 Å². The Bertz CT molecular complexity index is 139. The average molecular weight is 138 g/mol. The Kier molecular flexibility index (Phi) is 3.11. The number of nitrogens with zero attached hydrogens (tertiary/aromatic N) is 1. The predicted molar refractivity (Wildman–Crippen MR) is 40.1 cm³/mol. The fourth-order valence-corrected chi connectivity index (χ4v) is 0.843. The zero-order valence-electron chi connectivity index (χ0n) is 6.10. The van der Waals surface area contributed by atoms with Crippen LogP contribution in [0.2, 0.25) is 0 Å². The van der Waals surface area contributed by atoms with E-state index in [9.17, 15) is 0 Å². The standard InChI is InChI=1S/C8H12NO/c1-2-3-4-9-5-7-10-8-6-9/h1-2,5-8H2. The number of hydrogen-bond donors (Lipinski definition) is 0. The third kappa shape index (κ3) is 2.28. The Morgan fingerprint density at radius 1 is 1.40 bits per heavy atom. The lowest BCUT2D eigenvalue weighted by molar-refractivity contribution is 0.0637. The fourth-order valence-electron chi connectivity index (χ4n) is 0.843. The first kappa shape index (κ1) is 7.43. The summed E-state index contributed by atoms with van der Waals surface area (Å²) < 4.78 is 5.15. The molecule has 2 nitrogen and oxygen atoms in total. The maximum absolute atomic E-state index is 5.15. The lowest BCUT2D eigenvalue weighted by atomic mass is 10.4. The molecule has 0 aromatic carbocycles. The summed E-state index contributed by atoms with van der Waals surface area (Å²) in [6.07, 6.45) is 0.692. The van der Waals surface area contributed by atoms with E-state index in [2.05, 4.69) is 23.8 Å². The summed E-state index contributed by atoms with van der Waals surface area (Å²) in [4.78, 5) is 2.08. The number of rotatable bonds is 0. The molecule has 0 saturated carbocycles. The summed E-state index contributed by atoms with van der Waals surface area (Å²) in [6, 6.07) is 3.01. The summed E-state index contributed by atoms with van der Waals surface area (Å²) in [5, 5.41) is 0. The molecule has 0 aromatic rings. The smallest absolute Gasteiger partial charge is 0.0649 e. The maximum atomic E-state index is 5.15. The summed E-state index contributed by atoms with van der Waals surface area (Å²) in [6.45, 7) is 7.14. The van der Waals surface area contributed by atoms with E-state index >= 15 is 0 Å². The van der Waals surface area contributed by atoms with Gasteiger partial charge in [0.25, 0.3) is 0 Å². The van der Waals surface area contributed by atoms with Gasteiger partial charge in [-0.1, -0.05) is 5.92 Å². The van der Waals surface area contributed by atoms with E-state index in [0.717, 1.165) is 26.3 Å². The summed E-state index contributed by atoms with van der Waals surface area (Å²) >= 11 is 0. The fraction of sp³-hybridized carbons (Fsp3) is 0.625. The van der Waals surface area contributed by atoms with Crippen molar-refractivity contribution in [2.45, 2.75) is 6.42 Å². The first-order valence-corrected chi connectivity index (χ1v) is 3.54. The molecule has 10 heavy (non-hydrogen) atoms. The number of hydrogen-bond acceptors (Lipinski definition) is 2. The summed E-state index contributed by atoms with van der Waals surface area (Å²) in [5.74, 6) is 2.93. The van der Waals surface area contributed by atoms with Gasteiger partial charge in [-0.05, 0) is 6.92 Å². The SMILES string of the molecule is [CH2]CC#CN1CCOCC1. The molecule has 1 rings (SSSR count). The molecule has 0 aliphatic carbocycles. The highest BCUT2D eigenvalue weighted by Crippen LogP contribution is 1.93. The second kappa shape index (κ2) is 4.19. The lowest BCUT2D eigenvalue weighted by Gasteiger charge is -2.22. The summed E-state index contributed by atoms with van der Waals surface area (Å²) in [7, 11) is 0. The van der Waals surface area contributed by atoms with Gasteiger partial charge in [0.15, 0.2) is 0 Å². The molecule has 0 atom stereocenters. The van der Waals surface area contributed by atoms with Crippen LogP contribution < -0.4 is 0 Å². The molecule has 0 bridgehead atoms. The minimum Gasteiger partial charge on any atom is -0.378 e. The Labute approximate surface area is 62.2 Å². The van der Waals surface area contributed by atoms with Crippen LogP contribution in [0.5, 0.6) is 0 Å². The van der Waals surface area contributed by atoms with Gasteiger partial charge in [0.1, 0.15) is 0 Å². The van der Waals surface area contributed by atoms with Crippen molar-refractivity contribution in [1.29, 1.82) is 0 Å². The second-order valence-electron chi connectivity index (χ2n) is 2.14. The Morgan fingerprint density at radius 3 is 2.70 bits per heavy atom. The molecule has 1 aliphatic heterocycles. The van der Waals surface area contributed by atoms with Crippen molar-refractivity contribution >= 4 is 0 Å². The van der Waals surface area contributed by atoms with Gasteiger partial charge in [-0.15, -0.1) is 0 Å². The molecular weight excluding hydrogens is 126 g/mol. The molecule has 0 N–H and O–H groups in total. The van der Waals surface area contributed by atoms with Crippen LogP contribution in [0.3, 0.4) is 0 Å². The second-order valence-corrected chi connectivity index (χ2v) is 2.14. The van der Waals surface area contributed by atoms with Crippen molar-refractivity contribution in [2.75, 3.05) is 26.3 Å². The van der Waals surface area contributed by atoms with Crippen molar-refractivity contribution in [3.63, 3.8) is 0 Å². The molecule has 2 heteroatoms. The predicted octanol–water partition coefficient (Wildman–Crippen LogP) is 0.504. The van der Waals surface area contributed by atoms with Crippen molar-refractivity contribution in [3.8, 4) is 12.0 Å². The number of morpholine rings is 1. The molecule has 1 radical (unpaired) electrons. The normalized spacial score (nSPS) is 17.9. The highest BCUT2D eigenvalue weighted by molar-refractivity contribution is 4.99. The van der Waals surface area contributed by atoms with Crippen LogP contribution in [0.4, 0.5) is 0 Å². The zero-order chi connectivity index (χ0) is 7.23. The lowest BCUT2D eigenvalue weighted by Crippen LogP contribution is -2.32. The van der Waals surface area contributed by atoms with Gasteiger partial charge in [0.2, 0.25) is 0 Å². The van der Waals surface area contributed by atoms with Crippen LogP contribution in [0.15, 0.2) is 0 Å². The van der Waals surface area contributed by atoms with E-state index in [0.29, 0.717) is 6.42 Å². The maximum Gasteiger partial charge on any atom is 0.0649 e. The van der Waals surface area contributed by atoms with Crippen molar-refractivity contribution in [2.24, 2.45) is 0 Å². The van der Waals surface area contributed by atoms with Crippen LogP contribution in [0.25, 0.3) is 0 Å². The first-order valence-electron chi connectivity index (χ1n) is 3.54. The van der Waals surface area contributed by atoms with E-state index in [1.54, 1.807) is 0 Å².